The maximum absolute atomic E-state index is 12.0. The second kappa shape index (κ2) is 8.25. The molecule has 2 aromatic carbocycles. The number of rotatable bonds is 6. The Bertz CT molecular complexity index is 795. The molecule has 2 rings (SSSR count). The molecule has 0 aliphatic carbocycles. The van der Waals surface area contributed by atoms with E-state index in [4.69, 9.17) is 16.3 Å². The van der Waals surface area contributed by atoms with Crippen molar-refractivity contribution in [1.29, 1.82) is 0 Å². The molecule has 0 bridgehead atoms. The van der Waals surface area contributed by atoms with E-state index in [0.29, 0.717) is 6.54 Å². The van der Waals surface area contributed by atoms with Crippen molar-refractivity contribution in [2.45, 2.75) is 6.54 Å². The number of nitrogens with zero attached hydrogens (tertiary/aromatic N) is 2. The van der Waals surface area contributed by atoms with Crippen LogP contribution in [0.5, 0.6) is 0 Å². The average molecular weight is 363 g/mol. The number of non-ortho nitro benzene ring substituents is 1. The largest absolute Gasteiger partial charge is 0.452 e. The highest BCUT2D eigenvalue weighted by atomic mass is 35.5. The van der Waals surface area contributed by atoms with E-state index in [1.807, 2.05) is 30.3 Å². The Kier molecular flexibility index (Phi) is 6.08. The summed E-state index contributed by atoms with van der Waals surface area (Å²) in [6.07, 6.45) is 0. The summed E-state index contributed by atoms with van der Waals surface area (Å²) in [6, 6.07) is 12.8. The van der Waals surface area contributed by atoms with Gasteiger partial charge >= 0.3 is 5.97 Å². The van der Waals surface area contributed by atoms with Gasteiger partial charge in [-0.25, -0.2) is 4.79 Å². The van der Waals surface area contributed by atoms with Gasteiger partial charge in [0, 0.05) is 25.7 Å². The number of carbonyl (C=O) groups excluding carboxylic acids is 2. The van der Waals surface area contributed by atoms with Crippen molar-refractivity contribution in [2.75, 3.05) is 13.7 Å². The summed E-state index contributed by atoms with van der Waals surface area (Å²) >= 11 is 5.85. The predicted molar refractivity (Wildman–Crippen MR) is 91.3 cm³/mol. The molecule has 130 valence electrons. The molecule has 0 saturated heterocycles. The Labute approximate surface area is 148 Å². The topological polar surface area (TPSA) is 89.8 Å². The Hall–Kier alpha value is -2.93. The van der Waals surface area contributed by atoms with E-state index >= 15 is 0 Å². The molecule has 7 nitrogen and oxygen atoms in total. The minimum atomic E-state index is -0.818. The van der Waals surface area contributed by atoms with Gasteiger partial charge in [0.25, 0.3) is 11.6 Å². The molecule has 0 aromatic heterocycles. The monoisotopic (exact) mass is 362 g/mol. The molecule has 8 heteroatoms. The Morgan fingerprint density at radius 2 is 1.88 bits per heavy atom. The summed E-state index contributed by atoms with van der Waals surface area (Å²) in [4.78, 5) is 35.5. The molecule has 0 aliphatic rings. The molecule has 0 N–H and O–H groups in total. The molecule has 0 unspecified atom stereocenters. The van der Waals surface area contributed by atoms with Gasteiger partial charge in [0.2, 0.25) is 0 Å². The molecule has 0 radical (unpaired) electrons. The summed E-state index contributed by atoms with van der Waals surface area (Å²) in [5.74, 6) is -1.20. The third-order valence-electron chi connectivity index (χ3n) is 3.40. The van der Waals surface area contributed by atoms with Crippen LogP contribution >= 0.6 is 11.6 Å². The number of likely N-dealkylation sites (N-methyl/N-ethyl adjacent to an activating group) is 1. The van der Waals surface area contributed by atoms with Gasteiger partial charge in [0.1, 0.15) is 0 Å². The number of hydrogen-bond donors (Lipinski definition) is 0. The summed E-state index contributed by atoms with van der Waals surface area (Å²) < 4.78 is 4.95. The van der Waals surface area contributed by atoms with E-state index in [-0.39, 0.29) is 22.2 Å². The Balaban J connectivity index is 1.93. The summed E-state index contributed by atoms with van der Waals surface area (Å²) in [7, 11) is 1.60. The van der Waals surface area contributed by atoms with Crippen molar-refractivity contribution in [3.8, 4) is 0 Å². The molecule has 1 amide bonds. The van der Waals surface area contributed by atoms with Crippen LogP contribution < -0.4 is 0 Å². The highest BCUT2D eigenvalue weighted by molar-refractivity contribution is 6.33. The fourth-order valence-electron chi connectivity index (χ4n) is 2.04. The first-order valence-corrected chi connectivity index (χ1v) is 7.65. The van der Waals surface area contributed by atoms with Crippen LogP contribution in [0.25, 0.3) is 0 Å². The van der Waals surface area contributed by atoms with E-state index < -0.39 is 17.5 Å². The van der Waals surface area contributed by atoms with Gasteiger partial charge < -0.3 is 9.64 Å². The lowest BCUT2D eigenvalue weighted by atomic mass is 10.2. The predicted octanol–water partition coefficient (Wildman–Crippen LogP) is 3.06. The molecule has 0 fully saturated rings. The van der Waals surface area contributed by atoms with E-state index in [0.717, 1.165) is 17.7 Å². The first-order chi connectivity index (χ1) is 11.9. The molecular weight excluding hydrogens is 348 g/mol. The van der Waals surface area contributed by atoms with Crippen molar-refractivity contribution in [3.63, 3.8) is 0 Å². The number of ether oxygens (including phenoxy) is 1. The normalized spacial score (nSPS) is 10.2. The third kappa shape index (κ3) is 5.02. The number of benzene rings is 2. The molecule has 0 atom stereocenters. The molecule has 0 saturated carbocycles. The van der Waals surface area contributed by atoms with Gasteiger partial charge in [0.15, 0.2) is 6.61 Å². The van der Waals surface area contributed by atoms with Gasteiger partial charge in [-0.15, -0.1) is 0 Å². The van der Waals surface area contributed by atoms with Crippen LogP contribution in [-0.2, 0) is 16.1 Å². The van der Waals surface area contributed by atoms with Crippen molar-refractivity contribution >= 4 is 29.2 Å². The molecule has 2 aromatic rings. The van der Waals surface area contributed by atoms with Crippen LogP contribution in [-0.4, -0.2) is 35.4 Å². The number of halogens is 1. The minimum Gasteiger partial charge on any atom is -0.452 e. The molecular formula is C17H15ClN2O5. The fourth-order valence-corrected chi connectivity index (χ4v) is 2.30. The van der Waals surface area contributed by atoms with E-state index in [9.17, 15) is 19.7 Å². The van der Waals surface area contributed by atoms with E-state index in [2.05, 4.69) is 0 Å². The lowest BCUT2D eigenvalue weighted by Gasteiger charge is -2.17. The Morgan fingerprint density at radius 3 is 2.48 bits per heavy atom. The van der Waals surface area contributed by atoms with E-state index in [1.54, 1.807) is 7.05 Å². The lowest BCUT2D eigenvalue weighted by molar-refractivity contribution is -0.384. The number of carbonyl (C=O) groups is 2. The highest BCUT2D eigenvalue weighted by Gasteiger charge is 2.18. The number of amides is 1. The van der Waals surface area contributed by atoms with Crippen LogP contribution in [0, 0.1) is 10.1 Å². The van der Waals surface area contributed by atoms with Crippen LogP contribution in [0.3, 0.4) is 0 Å². The van der Waals surface area contributed by atoms with Gasteiger partial charge in [-0.3, -0.25) is 14.9 Å². The molecule has 25 heavy (non-hydrogen) atoms. The number of nitro benzene ring substituents is 1. The first-order valence-electron chi connectivity index (χ1n) is 7.27. The average Bonchev–Trinajstić information content (AvgIpc) is 2.60. The maximum Gasteiger partial charge on any atom is 0.340 e. The van der Waals surface area contributed by atoms with Gasteiger partial charge in [-0.05, 0) is 11.6 Å². The SMILES string of the molecule is CN(Cc1ccccc1)C(=O)COC(=O)c1ccc([N+](=O)[O-])cc1Cl. The summed E-state index contributed by atoms with van der Waals surface area (Å²) in [6.45, 7) is -0.0645. The van der Waals surface area contributed by atoms with Crippen molar-refractivity contribution in [2.24, 2.45) is 0 Å². The van der Waals surface area contributed by atoms with Crippen LogP contribution in [0.4, 0.5) is 5.69 Å². The summed E-state index contributed by atoms with van der Waals surface area (Å²) in [5, 5.41) is 10.5. The number of nitro groups is 1. The van der Waals surface area contributed by atoms with Crippen molar-refractivity contribution in [1.82, 2.24) is 4.90 Å². The second-order valence-corrected chi connectivity index (χ2v) is 5.64. The van der Waals surface area contributed by atoms with Crippen molar-refractivity contribution < 1.29 is 19.2 Å². The zero-order valence-corrected chi connectivity index (χ0v) is 14.1. The molecule has 0 aliphatic heterocycles. The van der Waals surface area contributed by atoms with Gasteiger partial charge in [-0.2, -0.15) is 0 Å². The van der Waals surface area contributed by atoms with Gasteiger partial charge in [-0.1, -0.05) is 41.9 Å². The number of hydrogen-bond acceptors (Lipinski definition) is 5. The zero-order valence-electron chi connectivity index (χ0n) is 13.3. The minimum absolute atomic E-state index is 0.0363. The van der Waals surface area contributed by atoms with Crippen LogP contribution in [0.2, 0.25) is 5.02 Å². The quantitative estimate of drug-likeness (QED) is 0.447. The first kappa shape index (κ1) is 18.4. The maximum atomic E-state index is 12.0. The number of esters is 1. The zero-order chi connectivity index (χ0) is 18.4. The molecule has 0 spiro atoms. The van der Waals surface area contributed by atoms with Crippen molar-refractivity contribution in [3.05, 3.63) is 74.8 Å². The molecule has 0 heterocycles. The van der Waals surface area contributed by atoms with Crippen LogP contribution in [0.1, 0.15) is 15.9 Å². The van der Waals surface area contributed by atoms with Crippen LogP contribution in [0.15, 0.2) is 48.5 Å². The summed E-state index contributed by atoms with van der Waals surface area (Å²) in [5.41, 5.74) is 0.675. The standard InChI is InChI=1S/C17H15ClN2O5/c1-19(10-12-5-3-2-4-6-12)16(21)11-25-17(22)14-8-7-13(20(23)24)9-15(14)18/h2-9H,10-11H2,1H3. The smallest absolute Gasteiger partial charge is 0.340 e. The fraction of sp³-hybridized carbons (Fsp3) is 0.176. The lowest BCUT2D eigenvalue weighted by Crippen LogP contribution is -2.30. The third-order valence-corrected chi connectivity index (χ3v) is 3.71. The van der Waals surface area contributed by atoms with Gasteiger partial charge in [0.05, 0.1) is 15.5 Å². The Morgan fingerprint density at radius 1 is 1.20 bits per heavy atom. The second-order valence-electron chi connectivity index (χ2n) is 5.23. The van der Waals surface area contributed by atoms with E-state index in [1.165, 1.54) is 11.0 Å². The highest BCUT2D eigenvalue weighted by Crippen LogP contribution is 2.23.